The Hall–Kier alpha value is -0.540. The van der Waals surface area contributed by atoms with Crippen molar-refractivity contribution in [1.82, 2.24) is 4.90 Å². The molecule has 2 rings (SSSR count). The van der Waals surface area contributed by atoms with Crippen molar-refractivity contribution in [2.75, 3.05) is 6.54 Å². The maximum atomic E-state index is 9.87. The summed E-state index contributed by atoms with van der Waals surface area (Å²) in [7, 11) is 0. The summed E-state index contributed by atoms with van der Waals surface area (Å²) in [5.41, 5.74) is 1.01. The molecule has 1 aliphatic rings. The zero-order valence-corrected chi connectivity index (χ0v) is 10.5. The normalized spacial score (nSPS) is 22.1. The number of para-hydroxylation sites is 1. The van der Waals surface area contributed by atoms with E-state index in [9.17, 15) is 5.11 Å². The molecule has 1 fully saturated rings. The number of likely N-dealkylation sites (tertiary alicyclic amines) is 1. The zero-order valence-electron chi connectivity index (χ0n) is 8.91. The first-order valence-corrected chi connectivity index (χ1v) is 6.18. The molecular formula is C12H16BrNO. The van der Waals surface area contributed by atoms with Gasteiger partial charge >= 0.3 is 0 Å². The zero-order chi connectivity index (χ0) is 10.8. The van der Waals surface area contributed by atoms with Crippen molar-refractivity contribution in [3.63, 3.8) is 0 Å². The molecule has 0 saturated carbocycles. The molecule has 1 aliphatic heterocycles. The van der Waals surface area contributed by atoms with E-state index < -0.39 is 0 Å². The second-order valence-electron chi connectivity index (χ2n) is 4.21. The molecule has 82 valence electrons. The molecule has 1 aromatic carbocycles. The molecule has 2 nitrogen and oxygen atoms in total. The smallest absolute Gasteiger partial charge is 0.134 e. The summed E-state index contributed by atoms with van der Waals surface area (Å²) in [4.78, 5) is 2.42. The monoisotopic (exact) mass is 269 g/mol. The van der Waals surface area contributed by atoms with Crippen LogP contribution in [0.2, 0.25) is 0 Å². The van der Waals surface area contributed by atoms with Crippen LogP contribution in [0, 0.1) is 0 Å². The van der Waals surface area contributed by atoms with Crippen molar-refractivity contribution in [2.24, 2.45) is 0 Å². The predicted molar refractivity (Wildman–Crippen MR) is 64.9 cm³/mol. The number of halogens is 1. The first-order chi connectivity index (χ1) is 7.18. The summed E-state index contributed by atoms with van der Waals surface area (Å²) >= 11 is 3.34. The maximum Gasteiger partial charge on any atom is 0.134 e. The lowest BCUT2D eigenvalue weighted by atomic mass is 10.2. The standard InChI is InChI=1S/C12H16BrNO/c1-9-4-3-7-14(9)8-10-5-2-6-11(13)12(10)15/h2,5-6,9,15H,3-4,7-8H2,1H3. The van der Waals surface area contributed by atoms with Crippen molar-refractivity contribution in [3.05, 3.63) is 28.2 Å². The van der Waals surface area contributed by atoms with E-state index in [4.69, 9.17) is 0 Å². The summed E-state index contributed by atoms with van der Waals surface area (Å²) in [6, 6.07) is 6.47. The van der Waals surface area contributed by atoms with Gasteiger partial charge in [-0.25, -0.2) is 0 Å². The molecular weight excluding hydrogens is 254 g/mol. The Morgan fingerprint density at radius 1 is 1.53 bits per heavy atom. The highest BCUT2D eigenvalue weighted by Crippen LogP contribution is 2.30. The molecule has 1 aromatic rings. The topological polar surface area (TPSA) is 23.5 Å². The lowest BCUT2D eigenvalue weighted by Gasteiger charge is -2.21. The molecule has 1 saturated heterocycles. The molecule has 1 N–H and O–H groups in total. The Labute approximate surface area is 99.0 Å². The van der Waals surface area contributed by atoms with Gasteiger partial charge < -0.3 is 5.11 Å². The van der Waals surface area contributed by atoms with E-state index >= 15 is 0 Å². The lowest BCUT2D eigenvalue weighted by molar-refractivity contribution is 0.256. The van der Waals surface area contributed by atoms with Gasteiger partial charge in [0.2, 0.25) is 0 Å². The number of benzene rings is 1. The van der Waals surface area contributed by atoms with Gasteiger partial charge in [-0.3, -0.25) is 4.90 Å². The predicted octanol–water partition coefficient (Wildman–Crippen LogP) is 3.14. The van der Waals surface area contributed by atoms with Crippen LogP contribution in [-0.4, -0.2) is 22.6 Å². The third-order valence-corrected chi connectivity index (χ3v) is 3.77. The molecule has 15 heavy (non-hydrogen) atoms. The van der Waals surface area contributed by atoms with Crippen molar-refractivity contribution < 1.29 is 5.11 Å². The highest BCUT2D eigenvalue weighted by Gasteiger charge is 2.21. The van der Waals surface area contributed by atoms with E-state index in [1.165, 1.54) is 12.8 Å². The lowest BCUT2D eigenvalue weighted by Crippen LogP contribution is -2.26. The molecule has 0 aromatic heterocycles. The Bertz CT molecular complexity index is 353. The third-order valence-electron chi connectivity index (χ3n) is 3.13. The fourth-order valence-corrected chi connectivity index (χ4v) is 2.54. The second-order valence-corrected chi connectivity index (χ2v) is 5.06. The van der Waals surface area contributed by atoms with Crippen LogP contribution in [0.3, 0.4) is 0 Å². The number of rotatable bonds is 2. The summed E-state index contributed by atoms with van der Waals surface area (Å²) in [5.74, 6) is 0.386. The number of phenolic OH excluding ortho intramolecular Hbond substituents is 1. The van der Waals surface area contributed by atoms with Gasteiger partial charge in [-0.1, -0.05) is 12.1 Å². The van der Waals surface area contributed by atoms with E-state index in [-0.39, 0.29) is 0 Å². The highest BCUT2D eigenvalue weighted by molar-refractivity contribution is 9.10. The molecule has 1 atom stereocenters. The van der Waals surface area contributed by atoms with E-state index in [0.717, 1.165) is 23.1 Å². The van der Waals surface area contributed by atoms with Gasteiger partial charge in [0, 0.05) is 18.2 Å². The van der Waals surface area contributed by atoms with Crippen molar-refractivity contribution >= 4 is 15.9 Å². The van der Waals surface area contributed by atoms with Crippen molar-refractivity contribution in [3.8, 4) is 5.75 Å². The highest BCUT2D eigenvalue weighted by atomic mass is 79.9. The fraction of sp³-hybridized carbons (Fsp3) is 0.500. The molecule has 1 heterocycles. The SMILES string of the molecule is CC1CCCN1Cc1cccc(Br)c1O. The van der Waals surface area contributed by atoms with Gasteiger partial charge in [-0.15, -0.1) is 0 Å². The Morgan fingerprint density at radius 2 is 2.33 bits per heavy atom. The minimum Gasteiger partial charge on any atom is -0.506 e. The van der Waals surface area contributed by atoms with Crippen LogP contribution in [0.25, 0.3) is 0 Å². The minimum absolute atomic E-state index is 0.386. The number of hydrogen-bond acceptors (Lipinski definition) is 2. The fourth-order valence-electron chi connectivity index (χ4n) is 2.13. The molecule has 3 heteroatoms. The minimum atomic E-state index is 0.386. The molecule has 0 aliphatic carbocycles. The number of aromatic hydroxyl groups is 1. The van der Waals surface area contributed by atoms with E-state index in [1.807, 2.05) is 18.2 Å². The average Bonchev–Trinajstić information content (AvgIpc) is 2.60. The van der Waals surface area contributed by atoms with Crippen LogP contribution in [0.4, 0.5) is 0 Å². The van der Waals surface area contributed by atoms with Gasteiger partial charge in [0.05, 0.1) is 4.47 Å². The average molecular weight is 270 g/mol. The summed E-state index contributed by atoms with van der Waals surface area (Å²) in [5, 5.41) is 9.87. The maximum absolute atomic E-state index is 9.87. The van der Waals surface area contributed by atoms with E-state index in [1.54, 1.807) is 0 Å². The van der Waals surface area contributed by atoms with E-state index in [0.29, 0.717) is 11.8 Å². The Morgan fingerprint density at radius 3 is 3.00 bits per heavy atom. The van der Waals surface area contributed by atoms with Crippen LogP contribution in [0.1, 0.15) is 25.3 Å². The first kappa shape index (κ1) is 11.0. The molecule has 0 amide bonds. The van der Waals surface area contributed by atoms with Crippen LogP contribution in [0.5, 0.6) is 5.75 Å². The number of phenols is 1. The van der Waals surface area contributed by atoms with Crippen LogP contribution < -0.4 is 0 Å². The van der Waals surface area contributed by atoms with Crippen LogP contribution in [-0.2, 0) is 6.54 Å². The third kappa shape index (κ3) is 2.34. The quantitative estimate of drug-likeness (QED) is 0.892. The molecule has 0 radical (unpaired) electrons. The first-order valence-electron chi connectivity index (χ1n) is 5.39. The van der Waals surface area contributed by atoms with Crippen molar-refractivity contribution in [2.45, 2.75) is 32.4 Å². The number of nitrogens with zero attached hydrogens (tertiary/aromatic N) is 1. The van der Waals surface area contributed by atoms with Gasteiger partial charge in [0.25, 0.3) is 0 Å². The Balaban J connectivity index is 2.13. The van der Waals surface area contributed by atoms with Crippen LogP contribution >= 0.6 is 15.9 Å². The van der Waals surface area contributed by atoms with Gasteiger partial charge in [-0.2, -0.15) is 0 Å². The summed E-state index contributed by atoms with van der Waals surface area (Å²) in [6.07, 6.45) is 2.55. The number of hydrogen-bond donors (Lipinski definition) is 1. The molecule has 1 unspecified atom stereocenters. The molecule has 0 bridgehead atoms. The molecule has 0 spiro atoms. The van der Waals surface area contributed by atoms with Gasteiger partial charge in [0.15, 0.2) is 0 Å². The summed E-state index contributed by atoms with van der Waals surface area (Å²) in [6.45, 7) is 4.25. The van der Waals surface area contributed by atoms with Gasteiger partial charge in [-0.05, 0) is 48.3 Å². The summed E-state index contributed by atoms with van der Waals surface area (Å²) < 4.78 is 0.784. The van der Waals surface area contributed by atoms with Gasteiger partial charge in [0.1, 0.15) is 5.75 Å². The largest absolute Gasteiger partial charge is 0.506 e. The van der Waals surface area contributed by atoms with Crippen LogP contribution in [0.15, 0.2) is 22.7 Å². The van der Waals surface area contributed by atoms with Crippen molar-refractivity contribution in [1.29, 1.82) is 0 Å². The van der Waals surface area contributed by atoms with E-state index in [2.05, 4.69) is 27.8 Å². The second kappa shape index (κ2) is 4.54. The Kier molecular flexibility index (Phi) is 3.32.